The second-order valence-electron chi connectivity index (χ2n) is 4.98. The van der Waals surface area contributed by atoms with E-state index in [1.807, 2.05) is 16.9 Å². The van der Waals surface area contributed by atoms with Crippen LogP contribution in [0, 0.1) is 0 Å². The number of nitrogens with one attached hydrogen (secondary N) is 2. The van der Waals surface area contributed by atoms with Gasteiger partial charge in [0.05, 0.1) is 5.69 Å². The Hall–Kier alpha value is -2.22. The molecule has 0 fully saturated rings. The van der Waals surface area contributed by atoms with Crippen LogP contribution in [-0.2, 0) is 6.54 Å². The smallest absolute Gasteiger partial charge is 0.319 e. The average Bonchev–Trinajstić information content (AvgIpc) is 3.06. The summed E-state index contributed by atoms with van der Waals surface area (Å²) >= 11 is 3.42. The molecule has 3 rings (SSSR count). The molecule has 23 heavy (non-hydrogen) atoms. The summed E-state index contributed by atoms with van der Waals surface area (Å²) in [6.45, 7) is 2.37. The number of benzene rings is 1. The maximum absolute atomic E-state index is 12.0. The SMILES string of the molecule is O=C(NCCCn1cccn1)Nc1cc2c(cc1Br)OCCO2. The molecule has 122 valence electrons. The summed E-state index contributed by atoms with van der Waals surface area (Å²) in [5.74, 6) is 1.31. The Morgan fingerprint density at radius 1 is 1.30 bits per heavy atom. The quantitative estimate of drug-likeness (QED) is 0.781. The molecule has 0 aliphatic carbocycles. The van der Waals surface area contributed by atoms with Gasteiger partial charge in [-0.1, -0.05) is 0 Å². The van der Waals surface area contributed by atoms with Crippen LogP contribution >= 0.6 is 15.9 Å². The third kappa shape index (κ3) is 4.16. The number of urea groups is 1. The zero-order chi connectivity index (χ0) is 16.1. The number of nitrogens with zero attached hydrogens (tertiary/aromatic N) is 2. The first-order valence-electron chi connectivity index (χ1n) is 7.34. The molecule has 1 aromatic heterocycles. The van der Waals surface area contributed by atoms with Gasteiger partial charge in [0.15, 0.2) is 11.5 Å². The molecule has 0 unspecified atom stereocenters. The van der Waals surface area contributed by atoms with Gasteiger partial charge in [0.1, 0.15) is 13.2 Å². The molecule has 2 aromatic rings. The molecule has 2 heterocycles. The van der Waals surface area contributed by atoms with Crippen LogP contribution in [0.1, 0.15) is 6.42 Å². The molecular weight excluding hydrogens is 364 g/mol. The Morgan fingerprint density at radius 2 is 2.09 bits per heavy atom. The molecule has 0 atom stereocenters. The lowest BCUT2D eigenvalue weighted by molar-refractivity contribution is 0.171. The Kier molecular flexibility index (Phi) is 5.02. The second-order valence-corrected chi connectivity index (χ2v) is 5.83. The fourth-order valence-corrected chi connectivity index (χ4v) is 2.62. The molecule has 2 amide bonds. The minimum atomic E-state index is -0.261. The van der Waals surface area contributed by atoms with Crippen LogP contribution in [-0.4, -0.2) is 35.6 Å². The topological polar surface area (TPSA) is 77.4 Å². The number of carbonyl (C=O) groups is 1. The standard InChI is InChI=1S/C15H17BrN4O3/c16-11-9-13-14(23-8-7-22-13)10-12(11)19-15(21)17-3-1-5-20-6-2-4-18-20/h2,4,6,9-10H,1,3,5,7-8H2,(H2,17,19,21). The number of rotatable bonds is 5. The van der Waals surface area contributed by atoms with Crippen molar-refractivity contribution < 1.29 is 14.3 Å². The van der Waals surface area contributed by atoms with Gasteiger partial charge in [-0.15, -0.1) is 0 Å². The summed E-state index contributed by atoms with van der Waals surface area (Å²) in [5, 5.41) is 9.73. The predicted molar refractivity (Wildman–Crippen MR) is 89.0 cm³/mol. The third-order valence-electron chi connectivity index (χ3n) is 3.29. The highest BCUT2D eigenvalue weighted by atomic mass is 79.9. The summed E-state index contributed by atoms with van der Waals surface area (Å²) < 4.78 is 13.6. The van der Waals surface area contributed by atoms with Gasteiger partial charge >= 0.3 is 6.03 Å². The van der Waals surface area contributed by atoms with Crippen LogP contribution in [0.2, 0.25) is 0 Å². The summed E-state index contributed by atoms with van der Waals surface area (Å²) in [6.07, 6.45) is 4.43. The van der Waals surface area contributed by atoms with Crippen molar-refractivity contribution in [2.75, 3.05) is 25.1 Å². The van der Waals surface area contributed by atoms with Crippen LogP contribution < -0.4 is 20.1 Å². The molecular formula is C15H17BrN4O3. The minimum absolute atomic E-state index is 0.261. The van der Waals surface area contributed by atoms with E-state index in [0.717, 1.165) is 17.4 Å². The maximum Gasteiger partial charge on any atom is 0.319 e. The first-order valence-corrected chi connectivity index (χ1v) is 8.13. The normalized spacial score (nSPS) is 12.7. The van der Waals surface area contributed by atoms with E-state index in [-0.39, 0.29) is 6.03 Å². The number of hydrogen-bond donors (Lipinski definition) is 2. The van der Waals surface area contributed by atoms with Crippen molar-refractivity contribution in [3.63, 3.8) is 0 Å². The van der Waals surface area contributed by atoms with Crippen molar-refractivity contribution in [3.05, 3.63) is 35.1 Å². The van der Waals surface area contributed by atoms with Crippen molar-refractivity contribution in [3.8, 4) is 11.5 Å². The van der Waals surface area contributed by atoms with E-state index in [4.69, 9.17) is 9.47 Å². The van der Waals surface area contributed by atoms with Crippen molar-refractivity contribution in [2.45, 2.75) is 13.0 Å². The third-order valence-corrected chi connectivity index (χ3v) is 3.94. The lowest BCUT2D eigenvalue weighted by atomic mass is 10.2. The van der Waals surface area contributed by atoms with Gasteiger partial charge < -0.3 is 20.1 Å². The fraction of sp³-hybridized carbons (Fsp3) is 0.333. The summed E-state index contributed by atoms with van der Waals surface area (Å²) in [4.78, 5) is 12.0. The number of carbonyl (C=O) groups excluding carboxylic acids is 1. The van der Waals surface area contributed by atoms with Crippen LogP contribution in [0.5, 0.6) is 11.5 Å². The average molecular weight is 381 g/mol. The molecule has 0 radical (unpaired) electrons. The van der Waals surface area contributed by atoms with Gasteiger partial charge in [-0.05, 0) is 28.4 Å². The van der Waals surface area contributed by atoms with Gasteiger partial charge in [0, 0.05) is 42.1 Å². The molecule has 1 aliphatic heterocycles. The molecule has 0 bridgehead atoms. The van der Waals surface area contributed by atoms with Crippen LogP contribution in [0.25, 0.3) is 0 Å². The molecule has 2 N–H and O–H groups in total. The van der Waals surface area contributed by atoms with Crippen LogP contribution in [0.4, 0.5) is 10.5 Å². The zero-order valence-electron chi connectivity index (χ0n) is 12.4. The van der Waals surface area contributed by atoms with E-state index < -0.39 is 0 Å². The van der Waals surface area contributed by atoms with Crippen molar-refractivity contribution in [2.24, 2.45) is 0 Å². The number of anilines is 1. The number of aryl methyl sites for hydroxylation is 1. The molecule has 7 nitrogen and oxygen atoms in total. The number of aromatic nitrogens is 2. The number of amides is 2. The van der Waals surface area contributed by atoms with E-state index in [2.05, 4.69) is 31.7 Å². The summed E-state index contributed by atoms with van der Waals surface area (Å²) in [5.41, 5.74) is 0.638. The Labute approximate surface area is 142 Å². The Bertz CT molecular complexity index is 676. The number of ether oxygens (including phenoxy) is 2. The Balaban J connectivity index is 1.49. The highest BCUT2D eigenvalue weighted by Gasteiger charge is 2.15. The first kappa shape index (κ1) is 15.7. The highest BCUT2D eigenvalue weighted by molar-refractivity contribution is 9.10. The molecule has 1 aromatic carbocycles. The molecule has 8 heteroatoms. The number of hydrogen-bond acceptors (Lipinski definition) is 4. The van der Waals surface area contributed by atoms with E-state index in [0.29, 0.717) is 36.9 Å². The molecule has 1 aliphatic rings. The minimum Gasteiger partial charge on any atom is -0.486 e. The van der Waals surface area contributed by atoms with Crippen LogP contribution in [0.15, 0.2) is 35.1 Å². The number of halogens is 1. The summed E-state index contributed by atoms with van der Waals surface area (Å²) in [7, 11) is 0. The van der Waals surface area contributed by atoms with Gasteiger partial charge in [-0.2, -0.15) is 5.10 Å². The molecule has 0 saturated carbocycles. The maximum atomic E-state index is 12.0. The second kappa shape index (κ2) is 7.36. The number of fused-ring (bicyclic) bond motifs is 1. The van der Waals surface area contributed by atoms with Crippen LogP contribution in [0.3, 0.4) is 0 Å². The summed E-state index contributed by atoms with van der Waals surface area (Å²) in [6, 6.07) is 5.16. The van der Waals surface area contributed by atoms with Crippen molar-refractivity contribution in [1.29, 1.82) is 0 Å². The Morgan fingerprint density at radius 3 is 2.83 bits per heavy atom. The molecule has 0 saturated heterocycles. The monoisotopic (exact) mass is 380 g/mol. The largest absolute Gasteiger partial charge is 0.486 e. The predicted octanol–water partition coefficient (Wildman–Crippen LogP) is 2.63. The zero-order valence-corrected chi connectivity index (χ0v) is 14.0. The molecule has 0 spiro atoms. The van der Waals surface area contributed by atoms with E-state index in [9.17, 15) is 4.79 Å². The van der Waals surface area contributed by atoms with E-state index in [1.54, 1.807) is 18.3 Å². The fourth-order valence-electron chi connectivity index (χ4n) is 2.20. The van der Waals surface area contributed by atoms with Gasteiger partial charge in [-0.3, -0.25) is 4.68 Å². The first-order chi connectivity index (χ1) is 11.2. The van der Waals surface area contributed by atoms with Gasteiger partial charge in [0.25, 0.3) is 0 Å². The lowest BCUT2D eigenvalue weighted by Gasteiger charge is -2.20. The van der Waals surface area contributed by atoms with E-state index >= 15 is 0 Å². The lowest BCUT2D eigenvalue weighted by Crippen LogP contribution is -2.30. The van der Waals surface area contributed by atoms with Gasteiger partial charge in [-0.25, -0.2) is 4.79 Å². The van der Waals surface area contributed by atoms with Crippen molar-refractivity contribution in [1.82, 2.24) is 15.1 Å². The van der Waals surface area contributed by atoms with Crippen molar-refractivity contribution >= 4 is 27.6 Å². The van der Waals surface area contributed by atoms with E-state index in [1.165, 1.54) is 0 Å². The van der Waals surface area contributed by atoms with Gasteiger partial charge in [0.2, 0.25) is 0 Å². The highest BCUT2D eigenvalue weighted by Crippen LogP contribution is 2.38.